The van der Waals surface area contributed by atoms with E-state index >= 15 is 0 Å². The number of nitrogens with zero attached hydrogens (tertiary/aromatic N) is 2. The molecule has 0 aliphatic carbocycles. The van der Waals surface area contributed by atoms with Gasteiger partial charge in [0.2, 0.25) is 0 Å². The number of Topliss-reactive ketones (excluding diaryl/α,β-unsaturated/α-hetero) is 1. The third-order valence-corrected chi connectivity index (χ3v) is 1.84. The summed E-state index contributed by atoms with van der Waals surface area (Å²) in [6.07, 6.45) is 1.99. The van der Waals surface area contributed by atoms with Crippen molar-refractivity contribution in [1.82, 2.24) is 9.97 Å². The molecule has 0 bridgehead atoms. The van der Waals surface area contributed by atoms with Gasteiger partial charge in [-0.2, -0.15) is 0 Å². The van der Waals surface area contributed by atoms with Gasteiger partial charge in [-0.05, 0) is 13.8 Å². The van der Waals surface area contributed by atoms with Crippen molar-refractivity contribution in [2.75, 3.05) is 13.7 Å². The van der Waals surface area contributed by atoms with Crippen molar-refractivity contribution in [3.8, 4) is 0 Å². The lowest BCUT2D eigenvalue weighted by Gasteiger charge is -2.03. The van der Waals surface area contributed by atoms with Gasteiger partial charge in [0.05, 0.1) is 23.5 Å². The van der Waals surface area contributed by atoms with Gasteiger partial charge >= 0.3 is 0 Å². The first-order chi connectivity index (χ1) is 6.63. The molecule has 0 radical (unpaired) electrons. The molecule has 0 unspecified atom stereocenters. The SMILES string of the molecule is COCC(=O)Cc1nc(C)cnc1C. The maximum absolute atomic E-state index is 11.3. The van der Waals surface area contributed by atoms with Crippen molar-refractivity contribution < 1.29 is 9.53 Å². The Hall–Kier alpha value is -1.29. The molecule has 0 aromatic carbocycles. The number of aromatic nitrogens is 2. The summed E-state index contributed by atoms with van der Waals surface area (Å²) >= 11 is 0. The molecule has 14 heavy (non-hydrogen) atoms. The van der Waals surface area contributed by atoms with Gasteiger partial charge in [0.1, 0.15) is 6.61 Å². The van der Waals surface area contributed by atoms with Crippen LogP contribution in [0.25, 0.3) is 0 Å². The molecule has 1 aromatic heterocycles. The fourth-order valence-electron chi connectivity index (χ4n) is 1.15. The minimum Gasteiger partial charge on any atom is -0.377 e. The average Bonchev–Trinajstić information content (AvgIpc) is 2.12. The van der Waals surface area contributed by atoms with E-state index in [-0.39, 0.29) is 12.4 Å². The van der Waals surface area contributed by atoms with Crippen LogP contribution in [0.3, 0.4) is 0 Å². The van der Waals surface area contributed by atoms with Crippen LogP contribution in [0, 0.1) is 13.8 Å². The molecular formula is C10H14N2O2. The molecule has 4 nitrogen and oxygen atoms in total. The number of hydrogen-bond acceptors (Lipinski definition) is 4. The molecule has 0 N–H and O–H groups in total. The number of methoxy groups -OCH3 is 1. The second kappa shape index (κ2) is 4.81. The van der Waals surface area contributed by atoms with Crippen LogP contribution in [-0.2, 0) is 16.0 Å². The topological polar surface area (TPSA) is 52.1 Å². The smallest absolute Gasteiger partial charge is 0.164 e. The Balaban J connectivity index is 2.75. The largest absolute Gasteiger partial charge is 0.377 e. The zero-order chi connectivity index (χ0) is 10.6. The normalized spacial score (nSPS) is 10.2. The van der Waals surface area contributed by atoms with E-state index in [0.717, 1.165) is 17.1 Å². The number of hydrogen-bond donors (Lipinski definition) is 0. The molecule has 0 saturated heterocycles. The van der Waals surface area contributed by atoms with Crippen molar-refractivity contribution in [3.05, 3.63) is 23.3 Å². The summed E-state index contributed by atoms with van der Waals surface area (Å²) in [6.45, 7) is 3.84. The summed E-state index contributed by atoms with van der Waals surface area (Å²) in [5.74, 6) is 0.0236. The summed E-state index contributed by atoms with van der Waals surface area (Å²) in [5.41, 5.74) is 2.38. The van der Waals surface area contributed by atoms with E-state index in [0.29, 0.717) is 6.42 Å². The van der Waals surface area contributed by atoms with Gasteiger partial charge < -0.3 is 4.74 Å². The highest BCUT2D eigenvalue weighted by Gasteiger charge is 2.08. The minimum absolute atomic E-state index is 0.0236. The fourth-order valence-corrected chi connectivity index (χ4v) is 1.15. The summed E-state index contributed by atoms with van der Waals surface area (Å²) < 4.78 is 4.75. The van der Waals surface area contributed by atoms with Crippen molar-refractivity contribution in [2.24, 2.45) is 0 Å². The molecule has 0 aliphatic heterocycles. The fraction of sp³-hybridized carbons (Fsp3) is 0.500. The van der Waals surface area contributed by atoms with E-state index in [1.807, 2.05) is 13.8 Å². The van der Waals surface area contributed by atoms with Crippen LogP contribution >= 0.6 is 0 Å². The van der Waals surface area contributed by atoms with Crippen LogP contribution in [0.1, 0.15) is 17.1 Å². The van der Waals surface area contributed by atoms with E-state index in [2.05, 4.69) is 9.97 Å². The summed E-state index contributed by atoms with van der Waals surface area (Å²) in [5, 5.41) is 0. The predicted octanol–water partition coefficient (Wildman–Crippen LogP) is 0.851. The van der Waals surface area contributed by atoms with E-state index in [9.17, 15) is 4.79 Å². The molecular weight excluding hydrogens is 180 g/mol. The highest BCUT2D eigenvalue weighted by atomic mass is 16.5. The Kier molecular flexibility index (Phi) is 3.71. The molecule has 0 atom stereocenters. The molecule has 4 heteroatoms. The first-order valence-electron chi connectivity index (χ1n) is 4.43. The van der Waals surface area contributed by atoms with Crippen molar-refractivity contribution in [2.45, 2.75) is 20.3 Å². The molecule has 0 amide bonds. The van der Waals surface area contributed by atoms with E-state index < -0.39 is 0 Å². The molecule has 0 fully saturated rings. The van der Waals surface area contributed by atoms with Gasteiger partial charge in [-0.1, -0.05) is 0 Å². The molecule has 1 rings (SSSR count). The van der Waals surface area contributed by atoms with Crippen LogP contribution < -0.4 is 0 Å². The molecule has 0 saturated carbocycles. The van der Waals surface area contributed by atoms with Crippen LogP contribution in [-0.4, -0.2) is 29.5 Å². The Morgan fingerprint density at radius 3 is 2.86 bits per heavy atom. The minimum atomic E-state index is 0.0236. The second-order valence-electron chi connectivity index (χ2n) is 3.19. The van der Waals surface area contributed by atoms with Gasteiger partial charge in [-0.3, -0.25) is 14.8 Å². The summed E-state index contributed by atoms with van der Waals surface area (Å²) in [6, 6.07) is 0. The lowest BCUT2D eigenvalue weighted by molar-refractivity contribution is -0.122. The Labute approximate surface area is 83.3 Å². The standard InChI is InChI=1S/C10H14N2O2/c1-7-5-11-8(2)10(12-7)4-9(13)6-14-3/h5H,4,6H2,1-3H3. The number of carbonyl (C=O) groups is 1. The first-order valence-corrected chi connectivity index (χ1v) is 4.43. The maximum Gasteiger partial charge on any atom is 0.164 e. The van der Waals surface area contributed by atoms with Crippen LogP contribution in [0.5, 0.6) is 0 Å². The number of aryl methyl sites for hydroxylation is 2. The highest BCUT2D eigenvalue weighted by molar-refractivity contribution is 5.81. The number of rotatable bonds is 4. The molecule has 0 spiro atoms. The summed E-state index contributed by atoms with van der Waals surface area (Å²) in [4.78, 5) is 19.7. The Bertz CT molecular complexity index is 337. The molecule has 76 valence electrons. The molecule has 1 heterocycles. The lowest BCUT2D eigenvalue weighted by Crippen LogP contribution is -2.12. The predicted molar refractivity (Wildman–Crippen MR) is 52.1 cm³/mol. The van der Waals surface area contributed by atoms with Gasteiger partial charge in [0.15, 0.2) is 5.78 Å². The van der Waals surface area contributed by atoms with E-state index in [1.165, 1.54) is 7.11 Å². The van der Waals surface area contributed by atoms with Crippen molar-refractivity contribution in [1.29, 1.82) is 0 Å². The Morgan fingerprint density at radius 2 is 2.21 bits per heavy atom. The van der Waals surface area contributed by atoms with Crippen LogP contribution in [0.2, 0.25) is 0 Å². The number of carbonyl (C=O) groups excluding carboxylic acids is 1. The first kappa shape index (κ1) is 10.8. The second-order valence-corrected chi connectivity index (χ2v) is 3.19. The third kappa shape index (κ3) is 2.88. The van der Waals surface area contributed by atoms with Crippen molar-refractivity contribution >= 4 is 5.78 Å². The highest BCUT2D eigenvalue weighted by Crippen LogP contribution is 2.03. The van der Waals surface area contributed by atoms with Gasteiger partial charge in [0, 0.05) is 13.3 Å². The summed E-state index contributed by atoms with van der Waals surface area (Å²) in [7, 11) is 1.51. The monoisotopic (exact) mass is 194 g/mol. The van der Waals surface area contributed by atoms with Gasteiger partial charge in [-0.15, -0.1) is 0 Å². The maximum atomic E-state index is 11.3. The zero-order valence-corrected chi connectivity index (χ0v) is 8.70. The molecule has 1 aromatic rings. The lowest BCUT2D eigenvalue weighted by atomic mass is 10.2. The van der Waals surface area contributed by atoms with E-state index in [4.69, 9.17) is 4.74 Å². The zero-order valence-electron chi connectivity index (χ0n) is 8.70. The quantitative estimate of drug-likeness (QED) is 0.713. The van der Waals surface area contributed by atoms with E-state index in [1.54, 1.807) is 6.20 Å². The van der Waals surface area contributed by atoms with Crippen LogP contribution in [0.15, 0.2) is 6.20 Å². The third-order valence-electron chi connectivity index (χ3n) is 1.84. The van der Waals surface area contributed by atoms with Gasteiger partial charge in [-0.25, -0.2) is 0 Å². The van der Waals surface area contributed by atoms with Crippen molar-refractivity contribution in [3.63, 3.8) is 0 Å². The number of ether oxygens (including phenoxy) is 1. The Morgan fingerprint density at radius 1 is 1.50 bits per heavy atom. The van der Waals surface area contributed by atoms with Crippen LogP contribution in [0.4, 0.5) is 0 Å². The number of ketones is 1. The average molecular weight is 194 g/mol. The van der Waals surface area contributed by atoms with Gasteiger partial charge in [0.25, 0.3) is 0 Å². The molecule has 0 aliphatic rings.